The van der Waals surface area contributed by atoms with Crippen LogP contribution in [0.4, 0.5) is 0 Å². The minimum Gasteiger partial charge on any atom is -0.504 e. The average Bonchev–Trinajstić information content (AvgIpc) is 2.08. The molecule has 1 aromatic rings. The summed E-state index contributed by atoms with van der Waals surface area (Å²) in [6.45, 7) is -0.297. The Morgan fingerprint density at radius 1 is 1.42 bits per heavy atom. The zero-order chi connectivity index (χ0) is 9.30. The van der Waals surface area contributed by atoms with Crippen molar-refractivity contribution >= 4 is 45.8 Å². The average molecular weight is 320 g/mol. The summed E-state index contributed by atoms with van der Waals surface area (Å²) in [5, 5.41) is 18.2. The molecule has 1 aromatic heterocycles. The van der Waals surface area contributed by atoms with Crippen LogP contribution in [0, 0.1) is 3.57 Å². The number of hydrogen-bond acceptors (Lipinski definition) is 3. The summed E-state index contributed by atoms with van der Waals surface area (Å²) in [6, 6.07) is 0. The van der Waals surface area contributed by atoms with Crippen molar-refractivity contribution in [2.24, 2.45) is 0 Å². The van der Waals surface area contributed by atoms with Crippen LogP contribution in [0.25, 0.3) is 0 Å². The van der Waals surface area contributed by atoms with Gasteiger partial charge in [0.1, 0.15) is 0 Å². The quantitative estimate of drug-likeness (QED) is 0.616. The summed E-state index contributed by atoms with van der Waals surface area (Å²) in [4.78, 5) is 3.68. The molecule has 0 atom stereocenters. The summed E-state index contributed by atoms with van der Waals surface area (Å²) < 4.78 is 0.401. The van der Waals surface area contributed by atoms with Gasteiger partial charge in [-0.25, -0.2) is 4.98 Å². The van der Waals surface area contributed by atoms with Crippen molar-refractivity contribution in [3.05, 3.63) is 19.4 Å². The van der Waals surface area contributed by atoms with Gasteiger partial charge in [-0.05, 0) is 22.6 Å². The number of aliphatic hydroxyl groups excluding tert-OH is 1. The number of aliphatic hydroxyl groups is 1. The van der Waals surface area contributed by atoms with Crippen molar-refractivity contribution < 1.29 is 10.2 Å². The molecule has 0 amide bonds. The molecular formula is C6H4Cl2INO2. The SMILES string of the molecule is OCc1nc(Cl)c(O)c(I)c1Cl. The Bertz CT molecular complexity index is 319. The number of halogens is 3. The molecule has 3 nitrogen and oxygen atoms in total. The molecule has 66 valence electrons. The fourth-order valence-electron chi connectivity index (χ4n) is 0.646. The van der Waals surface area contributed by atoms with Crippen molar-refractivity contribution in [3.8, 4) is 5.75 Å². The van der Waals surface area contributed by atoms with Crippen LogP contribution < -0.4 is 0 Å². The van der Waals surface area contributed by atoms with E-state index in [1.165, 1.54) is 0 Å². The molecular weight excluding hydrogens is 316 g/mol. The normalized spacial score (nSPS) is 10.3. The molecule has 0 aromatic carbocycles. The molecule has 0 aliphatic carbocycles. The third kappa shape index (κ3) is 1.76. The van der Waals surface area contributed by atoms with Gasteiger partial charge in [0.25, 0.3) is 0 Å². The van der Waals surface area contributed by atoms with Crippen molar-refractivity contribution in [2.75, 3.05) is 0 Å². The molecule has 1 rings (SSSR count). The maximum absolute atomic E-state index is 9.24. The first-order valence-electron chi connectivity index (χ1n) is 2.91. The summed E-state index contributed by atoms with van der Waals surface area (Å²) in [5.41, 5.74) is 0.267. The van der Waals surface area contributed by atoms with Gasteiger partial charge < -0.3 is 10.2 Å². The molecule has 0 spiro atoms. The highest BCUT2D eigenvalue weighted by molar-refractivity contribution is 14.1. The fraction of sp³-hybridized carbons (Fsp3) is 0.167. The highest BCUT2D eigenvalue weighted by Crippen LogP contribution is 2.34. The summed E-state index contributed by atoms with van der Waals surface area (Å²) >= 11 is 13.1. The van der Waals surface area contributed by atoms with Gasteiger partial charge in [-0.3, -0.25) is 0 Å². The van der Waals surface area contributed by atoms with Gasteiger partial charge >= 0.3 is 0 Å². The van der Waals surface area contributed by atoms with Gasteiger partial charge in [0.05, 0.1) is 20.9 Å². The first-order chi connectivity index (χ1) is 5.57. The van der Waals surface area contributed by atoms with E-state index >= 15 is 0 Å². The molecule has 1 heterocycles. The molecule has 0 aliphatic heterocycles. The Morgan fingerprint density at radius 2 is 2.00 bits per heavy atom. The van der Waals surface area contributed by atoms with Crippen LogP contribution in [0.5, 0.6) is 5.75 Å². The minimum atomic E-state index is -0.297. The molecule has 0 fully saturated rings. The summed E-state index contributed by atoms with van der Waals surface area (Å²) in [6.07, 6.45) is 0. The largest absolute Gasteiger partial charge is 0.504 e. The van der Waals surface area contributed by atoms with Crippen LogP contribution in [-0.4, -0.2) is 15.2 Å². The highest BCUT2D eigenvalue weighted by Gasteiger charge is 2.13. The predicted molar refractivity (Wildman–Crippen MR) is 54.6 cm³/mol. The second-order valence-electron chi connectivity index (χ2n) is 1.98. The molecule has 12 heavy (non-hydrogen) atoms. The molecule has 0 saturated heterocycles. The predicted octanol–water partition coefficient (Wildman–Crippen LogP) is 2.19. The Kier molecular flexibility index (Phi) is 3.39. The third-order valence-corrected chi connectivity index (χ3v) is 3.27. The Morgan fingerprint density at radius 3 is 2.50 bits per heavy atom. The van der Waals surface area contributed by atoms with E-state index in [4.69, 9.17) is 28.3 Å². The number of nitrogens with zero attached hydrogens (tertiary/aromatic N) is 1. The second kappa shape index (κ2) is 3.95. The van der Waals surface area contributed by atoms with Crippen LogP contribution in [0.15, 0.2) is 0 Å². The van der Waals surface area contributed by atoms with E-state index in [-0.39, 0.29) is 28.2 Å². The van der Waals surface area contributed by atoms with Crippen LogP contribution in [0.2, 0.25) is 10.2 Å². The van der Waals surface area contributed by atoms with E-state index in [2.05, 4.69) is 4.98 Å². The first kappa shape index (κ1) is 10.3. The number of aromatic nitrogens is 1. The van der Waals surface area contributed by atoms with E-state index < -0.39 is 0 Å². The maximum atomic E-state index is 9.24. The van der Waals surface area contributed by atoms with Crippen molar-refractivity contribution in [3.63, 3.8) is 0 Å². The molecule has 0 saturated carbocycles. The van der Waals surface area contributed by atoms with Crippen LogP contribution in [0.3, 0.4) is 0 Å². The Balaban J connectivity index is 3.39. The monoisotopic (exact) mass is 319 g/mol. The van der Waals surface area contributed by atoms with Gasteiger partial charge in [0.15, 0.2) is 10.9 Å². The van der Waals surface area contributed by atoms with E-state index in [1.54, 1.807) is 0 Å². The Hall–Kier alpha value is 0.220. The molecule has 0 radical (unpaired) electrons. The Labute approximate surface area is 92.5 Å². The van der Waals surface area contributed by atoms with Gasteiger partial charge in [0, 0.05) is 0 Å². The maximum Gasteiger partial charge on any atom is 0.172 e. The van der Waals surface area contributed by atoms with Gasteiger partial charge in [0.2, 0.25) is 0 Å². The van der Waals surface area contributed by atoms with E-state index in [1.807, 2.05) is 22.6 Å². The zero-order valence-electron chi connectivity index (χ0n) is 5.68. The van der Waals surface area contributed by atoms with E-state index in [0.717, 1.165) is 0 Å². The third-order valence-electron chi connectivity index (χ3n) is 1.23. The lowest BCUT2D eigenvalue weighted by Gasteiger charge is -2.05. The number of rotatable bonds is 1. The molecule has 2 N–H and O–H groups in total. The standard InChI is InChI=1S/C6H4Cl2INO2/c7-3-2(1-11)10-6(8)5(12)4(3)9/h11-12H,1H2. The molecule has 0 aliphatic rings. The number of hydrogen-bond donors (Lipinski definition) is 2. The van der Waals surface area contributed by atoms with Crippen molar-refractivity contribution in [1.82, 2.24) is 4.98 Å². The number of aromatic hydroxyl groups is 1. The number of pyridine rings is 1. The van der Waals surface area contributed by atoms with Crippen LogP contribution in [-0.2, 0) is 6.61 Å². The smallest absolute Gasteiger partial charge is 0.172 e. The first-order valence-corrected chi connectivity index (χ1v) is 4.74. The lowest BCUT2D eigenvalue weighted by atomic mass is 10.3. The molecule has 0 bridgehead atoms. The minimum absolute atomic E-state index is 0.0483. The fourth-order valence-corrected chi connectivity index (χ4v) is 1.76. The topological polar surface area (TPSA) is 53.4 Å². The second-order valence-corrected chi connectivity index (χ2v) is 3.80. The van der Waals surface area contributed by atoms with Crippen LogP contribution in [0.1, 0.15) is 5.69 Å². The lowest BCUT2D eigenvalue weighted by molar-refractivity contribution is 0.276. The molecule has 6 heteroatoms. The zero-order valence-corrected chi connectivity index (χ0v) is 9.35. The van der Waals surface area contributed by atoms with Gasteiger partial charge in [-0.1, -0.05) is 23.2 Å². The van der Waals surface area contributed by atoms with Crippen LogP contribution >= 0.6 is 45.8 Å². The highest BCUT2D eigenvalue weighted by atomic mass is 127. The van der Waals surface area contributed by atoms with Gasteiger partial charge in [-0.2, -0.15) is 0 Å². The van der Waals surface area contributed by atoms with Crippen molar-refractivity contribution in [2.45, 2.75) is 6.61 Å². The van der Waals surface area contributed by atoms with Gasteiger partial charge in [-0.15, -0.1) is 0 Å². The van der Waals surface area contributed by atoms with E-state index in [9.17, 15) is 5.11 Å². The lowest BCUT2D eigenvalue weighted by Crippen LogP contribution is -1.94. The summed E-state index contributed by atoms with van der Waals surface area (Å²) in [5.74, 6) is -0.153. The summed E-state index contributed by atoms with van der Waals surface area (Å²) in [7, 11) is 0. The van der Waals surface area contributed by atoms with Crippen molar-refractivity contribution in [1.29, 1.82) is 0 Å². The van der Waals surface area contributed by atoms with E-state index in [0.29, 0.717) is 3.57 Å². The molecule has 0 unspecified atom stereocenters.